The van der Waals surface area contributed by atoms with Crippen molar-refractivity contribution >= 4 is 34.2 Å². The fourth-order valence-electron chi connectivity index (χ4n) is 6.28. The van der Waals surface area contributed by atoms with Crippen molar-refractivity contribution < 1.29 is 19.7 Å². The number of aliphatic hydroxyl groups excluding tert-OH is 2. The number of aliphatic hydroxyl groups is 2. The van der Waals surface area contributed by atoms with Gasteiger partial charge in [0.05, 0.1) is 11.1 Å². The first kappa shape index (κ1) is 42.4. The van der Waals surface area contributed by atoms with Crippen molar-refractivity contribution in [2.24, 2.45) is 0 Å². The lowest BCUT2D eigenvalue weighted by molar-refractivity contribution is 0.0987. The van der Waals surface area contributed by atoms with E-state index in [9.17, 15) is 10.2 Å². The monoisotopic (exact) mass is 762 g/mol. The van der Waals surface area contributed by atoms with Crippen LogP contribution in [0.5, 0.6) is 11.5 Å². The average molecular weight is 763 g/mol. The fourth-order valence-corrected chi connectivity index (χ4v) is 6.28. The van der Waals surface area contributed by atoms with E-state index >= 15 is 0 Å². The number of para-hydroxylation sites is 4. The van der Waals surface area contributed by atoms with Crippen LogP contribution in [0.15, 0.2) is 109 Å². The minimum absolute atomic E-state index is 0. The molecular weight excluding hydrogens is 712 g/mol. The lowest BCUT2D eigenvalue weighted by Crippen LogP contribution is -2.46. The number of ether oxygens (including phenoxy) is 2. The number of aromatic nitrogens is 2. The minimum Gasteiger partial charge on any atom is -0.489 e. The number of aromatic amines is 2. The number of hydrogen-bond donors (Lipinski definition) is 6. The lowest BCUT2D eigenvalue weighted by Gasteiger charge is -2.28. The molecule has 0 aliphatic rings. The van der Waals surface area contributed by atoms with Crippen molar-refractivity contribution in [1.82, 2.24) is 20.6 Å². The van der Waals surface area contributed by atoms with Gasteiger partial charge < -0.3 is 40.3 Å². The van der Waals surface area contributed by atoms with E-state index in [2.05, 4.69) is 84.7 Å². The predicted molar refractivity (Wildman–Crippen MR) is 221 cm³/mol. The van der Waals surface area contributed by atoms with Gasteiger partial charge in [-0.25, -0.2) is 0 Å². The molecule has 0 amide bonds. The number of β-amino-alcohol motifs (C(OH)–C–C–N with tert-alkyl or cyclic N) is 2. The smallest absolute Gasteiger partial charge is 0.137 e. The first-order valence-electron chi connectivity index (χ1n) is 18.2. The van der Waals surface area contributed by atoms with Gasteiger partial charge in [-0.05, 0) is 88.1 Å². The first-order valence-corrected chi connectivity index (χ1v) is 18.2. The summed E-state index contributed by atoms with van der Waals surface area (Å²) in [6, 6.07) is 34.7. The molecule has 288 valence electrons. The third-order valence-electron chi connectivity index (χ3n) is 9.12. The summed E-state index contributed by atoms with van der Waals surface area (Å²) in [6.07, 6.45) is 4.43. The molecule has 2 aromatic heterocycles. The molecule has 6 aromatic rings. The number of hydrogen-bond acceptors (Lipinski definition) is 8. The van der Waals surface area contributed by atoms with Crippen LogP contribution in [0.4, 0.5) is 0 Å². The highest BCUT2D eigenvalue weighted by Crippen LogP contribution is 2.24. The Hall–Kier alpha value is -5.33. The molecule has 0 fully saturated rings. The number of nitrogens with one attached hydrogen (secondary N) is 4. The Bertz CT molecular complexity index is 2040. The number of halogens is 1. The van der Waals surface area contributed by atoms with Crippen molar-refractivity contribution in [3.8, 4) is 23.6 Å². The molecule has 55 heavy (non-hydrogen) atoms. The minimum atomic E-state index is -0.668. The number of H-pyrrole nitrogens is 2. The van der Waals surface area contributed by atoms with Crippen LogP contribution in [0.25, 0.3) is 21.8 Å². The molecule has 0 radical (unpaired) electrons. The summed E-state index contributed by atoms with van der Waals surface area (Å²) in [4.78, 5) is 6.60. The van der Waals surface area contributed by atoms with Crippen LogP contribution in [-0.2, 0) is 12.8 Å². The number of fused-ring (bicyclic) bond motifs is 2. The van der Waals surface area contributed by atoms with E-state index in [-0.39, 0.29) is 36.7 Å². The number of rotatable bonds is 16. The zero-order valence-corrected chi connectivity index (χ0v) is 32.6. The summed E-state index contributed by atoms with van der Waals surface area (Å²) in [5, 5.41) is 48.0. The molecule has 2 heterocycles. The van der Waals surface area contributed by atoms with Gasteiger partial charge in [-0.15, -0.1) is 12.4 Å². The van der Waals surface area contributed by atoms with E-state index in [0.29, 0.717) is 35.7 Å². The molecule has 0 bridgehead atoms. The van der Waals surface area contributed by atoms with Crippen molar-refractivity contribution in [3.05, 3.63) is 132 Å². The molecule has 0 saturated heterocycles. The highest BCUT2D eigenvalue weighted by Gasteiger charge is 2.23. The van der Waals surface area contributed by atoms with E-state index in [1.54, 1.807) is 36.4 Å². The van der Waals surface area contributed by atoms with E-state index in [4.69, 9.17) is 20.0 Å². The summed E-state index contributed by atoms with van der Waals surface area (Å²) >= 11 is 0. The summed E-state index contributed by atoms with van der Waals surface area (Å²) < 4.78 is 11.2. The summed E-state index contributed by atoms with van der Waals surface area (Å²) in [6.45, 7) is 9.55. The number of benzene rings is 4. The topological polar surface area (TPSA) is 162 Å². The lowest BCUT2D eigenvalue weighted by atomic mass is 9.94. The van der Waals surface area contributed by atoms with Crippen LogP contribution in [0.1, 0.15) is 49.9 Å². The molecule has 0 saturated carbocycles. The van der Waals surface area contributed by atoms with Gasteiger partial charge >= 0.3 is 0 Å². The Morgan fingerprint density at radius 3 is 1.36 bits per heavy atom. The third kappa shape index (κ3) is 12.3. The second kappa shape index (κ2) is 19.8. The maximum atomic E-state index is 10.3. The maximum absolute atomic E-state index is 10.3. The van der Waals surface area contributed by atoms with Gasteiger partial charge in [0.15, 0.2) is 0 Å². The van der Waals surface area contributed by atoms with Gasteiger partial charge in [0, 0.05) is 58.4 Å². The van der Waals surface area contributed by atoms with Crippen LogP contribution in [0.3, 0.4) is 0 Å². The van der Waals surface area contributed by atoms with Crippen LogP contribution in [0, 0.1) is 22.7 Å². The van der Waals surface area contributed by atoms with Crippen LogP contribution >= 0.6 is 12.4 Å². The van der Waals surface area contributed by atoms with Crippen molar-refractivity contribution in [1.29, 1.82) is 10.5 Å². The van der Waals surface area contributed by atoms with E-state index < -0.39 is 12.2 Å². The Balaban J connectivity index is 0.000000240. The van der Waals surface area contributed by atoms with Crippen molar-refractivity contribution in [3.63, 3.8) is 0 Å². The zero-order chi connectivity index (χ0) is 38.6. The molecule has 4 aromatic carbocycles. The molecule has 0 spiro atoms. The predicted octanol–water partition coefficient (Wildman–Crippen LogP) is 7.20. The summed E-state index contributed by atoms with van der Waals surface area (Å²) in [7, 11) is 0. The molecule has 10 nitrogen and oxygen atoms in total. The van der Waals surface area contributed by atoms with Gasteiger partial charge in [0.1, 0.15) is 49.1 Å². The van der Waals surface area contributed by atoms with E-state index in [0.717, 1.165) is 23.9 Å². The van der Waals surface area contributed by atoms with Crippen molar-refractivity contribution in [2.45, 2.75) is 63.8 Å². The van der Waals surface area contributed by atoms with Gasteiger partial charge in [0.2, 0.25) is 0 Å². The van der Waals surface area contributed by atoms with E-state index in [1.165, 1.54) is 21.9 Å². The Morgan fingerprint density at radius 1 is 0.600 bits per heavy atom. The molecule has 11 heteroatoms. The summed E-state index contributed by atoms with van der Waals surface area (Å²) in [5.74, 6) is 0.995. The Morgan fingerprint density at radius 2 is 0.964 bits per heavy atom. The quantitative estimate of drug-likeness (QED) is 0.0603. The standard InChI is InChI=1S/2C22H25N3O2.ClH/c2*1-22(2,11-17-13-24-20-9-5-4-8-19(17)20)25-14-18(26)15-27-21-10-6-3-7-16(21)12-23;/h2*3-10,13,18,24-26H,11,14-15H2,1-2H3;1H/t2*18-;/m10./s1. The first-order chi connectivity index (χ1) is 26.0. The summed E-state index contributed by atoms with van der Waals surface area (Å²) in [5.41, 5.74) is 5.33. The molecule has 0 unspecified atom stereocenters. The van der Waals surface area contributed by atoms with Crippen LogP contribution < -0.4 is 20.1 Å². The second-order valence-corrected chi connectivity index (χ2v) is 14.7. The fraction of sp³-hybridized carbons (Fsp3) is 0.318. The van der Waals surface area contributed by atoms with Crippen molar-refractivity contribution in [2.75, 3.05) is 26.3 Å². The highest BCUT2D eigenvalue weighted by atomic mass is 35.5. The van der Waals surface area contributed by atoms with Gasteiger partial charge in [-0.3, -0.25) is 0 Å². The van der Waals surface area contributed by atoms with Crippen LogP contribution in [0.2, 0.25) is 0 Å². The van der Waals surface area contributed by atoms with Gasteiger partial charge in [-0.2, -0.15) is 10.5 Å². The van der Waals surface area contributed by atoms with Crippen LogP contribution in [-0.4, -0.2) is 69.8 Å². The van der Waals surface area contributed by atoms with E-state index in [1.807, 2.05) is 48.8 Å². The zero-order valence-electron chi connectivity index (χ0n) is 31.8. The molecule has 2 atom stereocenters. The normalized spacial score (nSPS) is 12.4. The molecule has 0 aliphatic carbocycles. The molecule has 6 rings (SSSR count). The third-order valence-corrected chi connectivity index (χ3v) is 9.12. The average Bonchev–Trinajstić information content (AvgIpc) is 3.78. The van der Waals surface area contributed by atoms with Gasteiger partial charge in [-0.1, -0.05) is 60.7 Å². The molecule has 0 aliphatic heterocycles. The number of nitrogens with zero attached hydrogens (tertiary/aromatic N) is 2. The Kier molecular flexibility index (Phi) is 15.3. The highest BCUT2D eigenvalue weighted by molar-refractivity contribution is 5.85. The molecular formula is C44H51ClN6O4. The second-order valence-electron chi connectivity index (χ2n) is 14.7. The number of nitriles is 2. The largest absolute Gasteiger partial charge is 0.489 e. The molecule has 6 N–H and O–H groups in total. The SMILES string of the molecule is CC(C)(Cc1c[nH]c2ccccc12)NC[C@@H](O)COc1ccccc1C#N.CC(C)(Cc1c[nH]c2ccccc12)NC[C@H](O)COc1ccccc1C#N.Cl. The Labute approximate surface area is 329 Å². The van der Waals surface area contributed by atoms with Gasteiger partial charge in [0.25, 0.3) is 0 Å². The maximum Gasteiger partial charge on any atom is 0.137 e.